The summed E-state index contributed by atoms with van der Waals surface area (Å²) in [6.07, 6.45) is 6.38. The van der Waals surface area contributed by atoms with Crippen LogP contribution in [0.2, 0.25) is 0 Å². The standard InChI is InChI=1S/C30H47O3P/c1-10-11-12-13-14-19-30(33-34(31)32,26-17-15-24(20-22(26)2)28(4,5)6)27-18-16-25(21-23(27)3)29(7,8)9/h15-18,20-21,31-32H,10-14,19H2,1-9H3. The van der Waals surface area contributed by atoms with Gasteiger partial charge < -0.3 is 9.79 Å². The second kappa shape index (κ2) is 11.7. The molecular weight excluding hydrogens is 439 g/mol. The molecule has 190 valence electrons. The van der Waals surface area contributed by atoms with Crippen molar-refractivity contribution in [1.82, 2.24) is 0 Å². The molecule has 2 rings (SSSR count). The van der Waals surface area contributed by atoms with Crippen LogP contribution in [-0.2, 0) is 21.0 Å². The lowest BCUT2D eigenvalue weighted by atomic mass is 9.75. The number of rotatable bonds is 10. The predicted molar refractivity (Wildman–Crippen MR) is 146 cm³/mol. The highest BCUT2D eigenvalue weighted by molar-refractivity contribution is 7.39. The molecule has 2 aromatic rings. The van der Waals surface area contributed by atoms with Crippen LogP contribution in [0.3, 0.4) is 0 Å². The van der Waals surface area contributed by atoms with Gasteiger partial charge in [0.25, 0.3) is 0 Å². The Bertz CT molecular complexity index is 872. The first-order chi connectivity index (χ1) is 15.7. The lowest BCUT2D eigenvalue weighted by molar-refractivity contribution is 0.0778. The summed E-state index contributed by atoms with van der Waals surface area (Å²) >= 11 is 0. The minimum atomic E-state index is -2.55. The van der Waals surface area contributed by atoms with Crippen molar-refractivity contribution >= 4 is 8.60 Å². The predicted octanol–water partition coefficient (Wildman–Crippen LogP) is 8.73. The van der Waals surface area contributed by atoms with Gasteiger partial charge in [0, 0.05) is 0 Å². The molecule has 34 heavy (non-hydrogen) atoms. The Morgan fingerprint density at radius 2 is 1.15 bits per heavy atom. The smallest absolute Gasteiger partial charge is 0.328 e. The maximum atomic E-state index is 10.2. The molecule has 0 saturated heterocycles. The average molecular weight is 487 g/mol. The fourth-order valence-electron chi connectivity index (χ4n) is 4.84. The normalized spacial score (nSPS) is 13.1. The van der Waals surface area contributed by atoms with E-state index in [1.165, 1.54) is 30.4 Å². The fourth-order valence-corrected chi connectivity index (χ4v) is 5.41. The Labute approximate surface area is 210 Å². The molecule has 0 bridgehead atoms. The van der Waals surface area contributed by atoms with E-state index in [1.807, 2.05) is 0 Å². The fraction of sp³-hybridized carbons (Fsp3) is 0.600. The summed E-state index contributed by atoms with van der Waals surface area (Å²) in [6, 6.07) is 13.1. The summed E-state index contributed by atoms with van der Waals surface area (Å²) in [4.78, 5) is 20.4. The maximum Gasteiger partial charge on any atom is 0.328 e. The summed E-state index contributed by atoms with van der Waals surface area (Å²) in [5.41, 5.74) is 6.00. The van der Waals surface area contributed by atoms with Gasteiger partial charge in [0.1, 0.15) is 5.60 Å². The van der Waals surface area contributed by atoms with Gasteiger partial charge in [0.2, 0.25) is 0 Å². The molecule has 2 N–H and O–H groups in total. The summed E-state index contributed by atoms with van der Waals surface area (Å²) in [5, 5.41) is 0. The van der Waals surface area contributed by atoms with Crippen molar-refractivity contribution in [1.29, 1.82) is 0 Å². The second-order valence-electron chi connectivity index (χ2n) is 11.9. The molecular formula is C30H47O3P. The zero-order valence-electron chi connectivity index (χ0n) is 23.0. The van der Waals surface area contributed by atoms with Crippen LogP contribution in [0.15, 0.2) is 36.4 Å². The van der Waals surface area contributed by atoms with Crippen LogP contribution in [0.5, 0.6) is 0 Å². The van der Waals surface area contributed by atoms with Crippen molar-refractivity contribution in [3.05, 3.63) is 69.8 Å². The van der Waals surface area contributed by atoms with Gasteiger partial charge in [0.15, 0.2) is 0 Å². The maximum absolute atomic E-state index is 10.2. The van der Waals surface area contributed by atoms with Crippen LogP contribution in [-0.4, -0.2) is 9.79 Å². The summed E-state index contributed by atoms with van der Waals surface area (Å²) in [5.74, 6) is 0. The summed E-state index contributed by atoms with van der Waals surface area (Å²) in [6.45, 7) is 19.8. The molecule has 0 saturated carbocycles. The van der Waals surface area contributed by atoms with E-state index in [0.29, 0.717) is 6.42 Å². The molecule has 0 amide bonds. The highest BCUT2D eigenvalue weighted by Crippen LogP contribution is 2.49. The van der Waals surface area contributed by atoms with Gasteiger partial charge in [0.05, 0.1) is 0 Å². The van der Waals surface area contributed by atoms with E-state index < -0.39 is 14.2 Å². The monoisotopic (exact) mass is 486 g/mol. The highest BCUT2D eigenvalue weighted by atomic mass is 31.2. The molecule has 0 aliphatic carbocycles. The van der Waals surface area contributed by atoms with E-state index in [0.717, 1.165) is 35.1 Å². The largest absolute Gasteiger partial charge is 0.328 e. The van der Waals surface area contributed by atoms with Gasteiger partial charge >= 0.3 is 8.60 Å². The lowest BCUT2D eigenvalue weighted by Crippen LogP contribution is -2.32. The average Bonchev–Trinajstić information content (AvgIpc) is 2.71. The Morgan fingerprint density at radius 1 is 0.706 bits per heavy atom. The molecule has 0 aliphatic heterocycles. The van der Waals surface area contributed by atoms with Crippen molar-refractivity contribution in [2.75, 3.05) is 0 Å². The Hall–Kier alpha value is -1.25. The van der Waals surface area contributed by atoms with E-state index in [1.54, 1.807) is 0 Å². The number of unbranched alkanes of at least 4 members (excludes halogenated alkanes) is 4. The Balaban J connectivity index is 2.70. The van der Waals surface area contributed by atoms with Crippen LogP contribution in [0.4, 0.5) is 0 Å². The molecule has 0 aromatic heterocycles. The van der Waals surface area contributed by atoms with Crippen LogP contribution in [0.1, 0.15) is 120 Å². The van der Waals surface area contributed by atoms with E-state index in [2.05, 4.69) is 98.7 Å². The quantitative estimate of drug-likeness (QED) is 0.261. The molecule has 0 atom stereocenters. The molecule has 2 aromatic carbocycles. The number of benzene rings is 2. The number of hydrogen-bond donors (Lipinski definition) is 2. The van der Waals surface area contributed by atoms with E-state index >= 15 is 0 Å². The zero-order valence-corrected chi connectivity index (χ0v) is 23.9. The van der Waals surface area contributed by atoms with Gasteiger partial charge in [-0.2, -0.15) is 0 Å². The Morgan fingerprint density at radius 3 is 1.50 bits per heavy atom. The minimum Gasteiger partial charge on any atom is -0.328 e. The molecule has 0 heterocycles. The SMILES string of the molecule is CCCCCCCC(OP(O)O)(c1ccc(C(C)(C)C)cc1C)c1ccc(C(C)(C)C)cc1C. The first kappa shape index (κ1) is 29.0. The topological polar surface area (TPSA) is 49.7 Å². The molecule has 3 nitrogen and oxygen atoms in total. The number of hydrogen-bond acceptors (Lipinski definition) is 3. The first-order valence-electron chi connectivity index (χ1n) is 12.8. The number of aryl methyl sites for hydroxylation is 2. The highest BCUT2D eigenvalue weighted by Gasteiger charge is 2.40. The third-order valence-corrected chi connectivity index (χ3v) is 7.40. The summed E-state index contributed by atoms with van der Waals surface area (Å²) in [7, 11) is -2.55. The van der Waals surface area contributed by atoms with Crippen molar-refractivity contribution in [3.63, 3.8) is 0 Å². The molecule has 0 radical (unpaired) electrons. The third kappa shape index (κ3) is 7.14. The summed E-state index contributed by atoms with van der Waals surface area (Å²) < 4.78 is 6.21. The van der Waals surface area contributed by atoms with Gasteiger partial charge in [-0.15, -0.1) is 0 Å². The molecule has 0 fully saturated rings. The molecule has 4 heteroatoms. The Kier molecular flexibility index (Phi) is 9.94. The van der Waals surface area contributed by atoms with Crippen LogP contribution in [0, 0.1) is 13.8 Å². The van der Waals surface area contributed by atoms with Crippen LogP contribution < -0.4 is 0 Å². The van der Waals surface area contributed by atoms with Crippen molar-refractivity contribution in [2.45, 2.75) is 117 Å². The van der Waals surface area contributed by atoms with Gasteiger partial charge in [-0.3, -0.25) is 4.52 Å². The minimum absolute atomic E-state index is 0.0395. The van der Waals surface area contributed by atoms with Crippen molar-refractivity contribution < 1.29 is 14.3 Å². The van der Waals surface area contributed by atoms with Crippen LogP contribution >= 0.6 is 8.60 Å². The third-order valence-electron chi connectivity index (χ3n) is 6.92. The van der Waals surface area contributed by atoms with Crippen molar-refractivity contribution in [2.24, 2.45) is 0 Å². The van der Waals surface area contributed by atoms with E-state index in [-0.39, 0.29) is 10.8 Å². The first-order valence-corrected chi connectivity index (χ1v) is 14.0. The lowest BCUT2D eigenvalue weighted by Gasteiger charge is -2.38. The molecule has 0 aliphatic rings. The van der Waals surface area contributed by atoms with E-state index in [4.69, 9.17) is 4.52 Å². The van der Waals surface area contributed by atoms with Gasteiger partial charge in [-0.1, -0.05) is 111 Å². The molecule has 0 spiro atoms. The van der Waals surface area contributed by atoms with Crippen molar-refractivity contribution in [3.8, 4) is 0 Å². The molecule has 0 unspecified atom stereocenters. The van der Waals surface area contributed by atoms with Crippen LogP contribution in [0.25, 0.3) is 0 Å². The van der Waals surface area contributed by atoms with Gasteiger partial charge in [-0.25, -0.2) is 0 Å². The zero-order chi connectivity index (χ0) is 25.7. The van der Waals surface area contributed by atoms with E-state index in [9.17, 15) is 9.79 Å². The van der Waals surface area contributed by atoms with Gasteiger partial charge in [-0.05, 0) is 70.9 Å². The second-order valence-corrected chi connectivity index (χ2v) is 12.6.